The van der Waals surface area contributed by atoms with Gasteiger partial charge in [-0.05, 0) is 43.0 Å². The van der Waals surface area contributed by atoms with Crippen LogP contribution in [-0.2, 0) is 9.53 Å². The summed E-state index contributed by atoms with van der Waals surface area (Å²) in [5.74, 6) is -0.694. The van der Waals surface area contributed by atoms with E-state index in [1.807, 2.05) is 26.8 Å². The van der Waals surface area contributed by atoms with Gasteiger partial charge in [-0.2, -0.15) is 0 Å². The molecule has 0 fully saturated rings. The van der Waals surface area contributed by atoms with Gasteiger partial charge in [-0.25, -0.2) is 0 Å². The smallest absolute Gasteiger partial charge is 0.313 e. The number of ether oxygens (including phenoxy) is 2. The van der Waals surface area contributed by atoms with Gasteiger partial charge in [0.25, 0.3) is 0 Å². The molecule has 4 nitrogen and oxygen atoms in total. The first-order valence-electron chi connectivity index (χ1n) is 5.80. The van der Waals surface area contributed by atoms with Crippen molar-refractivity contribution in [2.24, 2.45) is 0 Å². The molecule has 1 unspecified atom stereocenters. The molecule has 0 radical (unpaired) electrons. The zero-order valence-corrected chi connectivity index (χ0v) is 11.5. The van der Waals surface area contributed by atoms with Crippen molar-refractivity contribution < 1.29 is 19.4 Å². The minimum atomic E-state index is -0.871. The zero-order valence-electron chi connectivity index (χ0n) is 11.5. The maximum absolute atomic E-state index is 11.3. The van der Waals surface area contributed by atoms with Gasteiger partial charge in [-0.15, -0.1) is 0 Å². The predicted octanol–water partition coefficient (Wildman–Crippen LogP) is 2.44. The Morgan fingerprint density at radius 1 is 1.28 bits per heavy atom. The van der Waals surface area contributed by atoms with Crippen LogP contribution in [0.2, 0.25) is 0 Å². The van der Waals surface area contributed by atoms with Crippen LogP contribution in [0.15, 0.2) is 6.07 Å². The minimum absolute atomic E-state index is 0.168. The molecule has 0 aliphatic carbocycles. The van der Waals surface area contributed by atoms with E-state index < -0.39 is 11.9 Å². The molecule has 0 aliphatic rings. The molecule has 0 spiro atoms. The summed E-state index contributed by atoms with van der Waals surface area (Å²) in [5.41, 5.74) is 3.66. The van der Waals surface area contributed by atoms with Gasteiger partial charge in [0.2, 0.25) is 0 Å². The Bertz CT molecular complexity index is 452. The first kappa shape index (κ1) is 14.5. The van der Waals surface area contributed by atoms with Gasteiger partial charge in [0.1, 0.15) is 11.7 Å². The Morgan fingerprint density at radius 3 is 2.33 bits per heavy atom. The summed E-state index contributed by atoms with van der Waals surface area (Å²) in [5, 5.41) is 9.28. The monoisotopic (exact) mass is 252 g/mol. The summed E-state index contributed by atoms with van der Waals surface area (Å²) >= 11 is 0. The Morgan fingerprint density at radius 2 is 1.89 bits per heavy atom. The lowest BCUT2D eigenvalue weighted by atomic mass is 9.90. The van der Waals surface area contributed by atoms with Crippen LogP contribution in [0.3, 0.4) is 0 Å². The van der Waals surface area contributed by atoms with Crippen molar-refractivity contribution in [2.75, 3.05) is 20.8 Å². The molecule has 1 aromatic carbocycles. The van der Waals surface area contributed by atoms with Crippen LogP contribution in [0.25, 0.3) is 0 Å². The number of hydrogen-bond acceptors (Lipinski definition) is 3. The standard InChI is InChI=1S/C14H20O4/c1-8-6-11(12(7-17-4)14(15)16)9(2)10(3)13(8)18-5/h6,12H,7H2,1-5H3,(H,15,16). The van der Waals surface area contributed by atoms with Crippen molar-refractivity contribution in [3.8, 4) is 5.75 Å². The van der Waals surface area contributed by atoms with Crippen LogP contribution >= 0.6 is 0 Å². The zero-order chi connectivity index (χ0) is 13.9. The summed E-state index contributed by atoms with van der Waals surface area (Å²) < 4.78 is 10.3. The first-order valence-corrected chi connectivity index (χ1v) is 5.80. The maximum Gasteiger partial charge on any atom is 0.313 e. The molecule has 0 aromatic heterocycles. The van der Waals surface area contributed by atoms with Crippen LogP contribution < -0.4 is 4.74 Å². The molecule has 18 heavy (non-hydrogen) atoms. The third-order valence-electron chi connectivity index (χ3n) is 3.28. The average Bonchev–Trinajstić information content (AvgIpc) is 2.31. The largest absolute Gasteiger partial charge is 0.496 e. The maximum atomic E-state index is 11.3. The number of benzene rings is 1. The van der Waals surface area contributed by atoms with Crippen LogP contribution in [0, 0.1) is 20.8 Å². The number of carboxylic acid groups (broad SMARTS) is 1. The molecular formula is C14H20O4. The Hall–Kier alpha value is -1.55. The second-order valence-corrected chi connectivity index (χ2v) is 4.41. The molecule has 0 aliphatic heterocycles. The van der Waals surface area contributed by atoms with E-state index in [1.165, 1.54) is 7.11 Å². The summed E-state index contributed by atoms with van der Waals surface area (Å²) in [7, 11) is 3.13. The van der Waals surface area contributed by atoms with Crippen molar-refractivity contribution in [3.63, 3.8) is 0 Å². The average molecular weight is 252 g/mol. The van der Waals surface area contributed by atoms with E-state index >= 15 is 0 Å². The van der Waals surface area contributed by atoms with Crippen molar-refractivity contribution in [1.82, 2.24) is 0 Å². The number of carbonyl (C=O) groups is 1. The van der Waals surface area contributed by atoms with E-state index in [4.69, 9.17) is 9.47 Å². The van der Waals surface area contributed by atoms with Gasteiger partial charge >= 0.3 is 5.97 Å². The third-order valence-corrected chi connectivity index (χ3v) is 3.28. The topological polar surface area (TPSA) is 55.8 Å². The van der Waals surface area contributed by atoms with Gasteiger partial charge < -0.3 is 14.6 Å². The molecule has 4 heteroatoms. The number of carboxylic acids is 1. The molecule has 1 aromatic rings. The fourth-order valence-corrected chi connectivity index (χ4v) is 2.23. The van der Waals surface area contributed by atoms with Crippen molar-refractivity contribution in [1.29, 1.82) is 0 Å². The second-order valence-electron chi connectivity index (χ2n) is 4.41. The normalized spacial score (nSPS) is 12.3. The lowest BCUT2D eigenvalue weighted by Crippen LogP contribution is -2.19. The van der Waals surface area contributed by atoms with Crippen LogP contribution in [0.5, 0.6) is 5.75 Å². The molecule has 1 atom stereocenters. The summed E-state index contributed by atoms with van der Waals surface area (Å²) in [6, 6.07) is 1.87. The number of rotatable bonds is 5. The Kier molecular flexibility index (Phi) is 4.73. The van der Waals surface area contributed by atoms with E-state index in [0.717, 1.165) is 28.0 Å². The van der Waals surface area contributed by atoms with Crippen molar-refractivity contribution >= 4 is 5.97 Å². The molecule has 0 saturated heterocycles. The van der Waals surface area contributed by atoms with E-state index in [2.05, 4.69) is 0 Å². The molecule has 100 valence electrons. The highest BCUT2D eigenvalue weighted by molar-refractivity contribution is 5.77. The fourth-order valence-electron chi connectivity index (χ4n) is 2.23. The first-order chi connectivity index (χ1) is 8.43. The lowest BCUT2D eigenvalue weighted by molar-refractivity contribution is -0.140. The van der Waals surface area contributed by atoms with Gasteiger partial charge in [-0.1, -0.05) is 6.07 Å². The van der Waals surface area contributed by atoms with E-state index in [-0.39, 0.29) is 6.61 Å². The molecule has 0 bridgehead atoms. The Labute approximate surface area is 108 Å². The molecular weight excluding hydrogens is 232 g/mol. The predicted molar refractivity (Wildman–Crippen MR) is 69.5 cm³/mol. The van der Waals surface area contributed by atoms with Gasteiger partial charge in [0, 0.05) is 7.11 Å². The van der Waals surface area contributed by atoms with E-state index in [0.29, 0.717) is 0 Å². The molecule has 0 amide bonds. The van der Waals surface area contributed by atoms with Gasteiger partial charge in [0.15, 0.2) is 0 Å². The van der Waals surface area contributed by atoms with Crippen LogP contribution in [-0.4, -0.2) is 31.9 Å². The quantitative estimate of drug-likeness (QED) is 0.874. The van der Waals surface area contributed by atoms with Gasteiger partial charge in [0.05, 0.1) is 13.7 Å². The summed E-state index contributed by atoms with van der Waals surface area (Å²) in [6.07, 6.45) is 0. The van der Waals surface area contributed by atoms with Crippen molar-refractivity contribution in [2.45, 2.75) is 26.7 Å². The summed E-state index contributed by atoms with van der Waals surface area (Å²) in [6.45, 7) is 5.94. The Balaban J connectivity index is 3.36. The van der Waals surface area contributed by atoms with E-state index in [9.17, 15) is 9.90 Å². The molecule has 1 N–H and O–H groups in total. The number of aliphatic carboxylic acids is 1. The second kappa shape index (κ2) is 5.87. The third kappa shape index (κ3) is 2.64. The molecule has 1 rings (SSSR count). The number of aryl methyl sites for hydroxylation is 1. The number of methoxy groups -OCH3 is 2. The van der Waals surface area contributed by atoms with Gasteiger partial charge in [-0.3, -0.25) is 4.79 Å². The lowest BCUT2D eigenvalue weighted by Gasteiger charge is -2.19. The van der Waals surface area contributed by atoms with Crippen LogP contribution in [0.1, 0.15) is 28.2 Å². The fraction of sp³-hybridized carbons (Fsp3) is 0.500. The highest BCUT2D eigenvalue weighted by atomic mass is 16.5. The highest BCUT2D eigenvalue weighted by Crippen LogP contribution is 2.32. The van der Waals surface area contributed by atoms with Crippen molar-refractivity contribution in [3.05, 3.63) is 28.3 Å². The SMILES string of the molecule is COCC(C(=O)O)c1cc(C)c(OC)c(C)c1C. The minimum Gasteiger partial charge on any atom is -0.496 e. The molecule has 0 heterocycles. The highest BCUT2D eigenvalue weighted by Gasteiger charge is 2.24. The summed E-state index contributed by atoms with van der Waals surface area (Å²) in [4.78, 5) is 11.3. The molecule has 0 saturated carbocycles. The van der Waals surface area contributed by atoms with Crippen LogP contribution in [0.4, 0.5) is 0 Å². The number of hydrogen-bond donors (Lipinski definition) is 1. The van der Waals surface area contributed by atoms with E-state index in [1.54, 1.807) is 7.11 Å².